The van der Waals surface area contributed by atoms with Gasteiger partial charge in [-0.1, -0.05) is 30.3 Å². The second-order valence-electron chi connectivity index (χ2n) is 7.10. The number of rotatable bonds is 3. The van der Waals surface area contributed by atoms with Crippen LogP contribution in [0.15, 0.2) is 30.3 Å². The minimum atomic E-state index is -0.614. The smallest absolute Gasteiger partial charge is 0.233 e. The molecule has 4 rings (SSSR count). The number of aromatic nitrogens is 2. The molecule has 3 heterocycles. The van der Waals surface area contributed by atoms with Gasteiger partial charge in [0.15, 0.2) is 0 Å². The Morgan fingerprint density at radius 3 is 2.60 bits per heavy atom. The highest BCUT2D eigenvalue weighted by molar-refractivity contribution is 5.84. The maximum absolute atomic E-state index is 12.9. The van der Waals surface area contributed by atoms with Gasteiger partial charge in [0, 0.05) is 56.5 Å². The molecule has 1 amide bonds. The Kier molecular flexibility index (Phi) is 4.09. The second kappa shape index (κ2) is 6.28. The Labute approximate surface area is 147 Å². The van der Waals surface area contributed by atoms with Crippen LogP contribution in [-0.4, -0.2) is 58.5 Å². The lowest BCUT2D eigenvalue weighted by atomic mass is 9.81. The molecule has 132 valence electrons. The number of hydrogen-bond acceptors (Lipinski definition) is 4. The number of fused-ring (bicyclic) bond motifs is 1. The van der Waals surface area contributed by atoms with Crippen molar-refractivity contribution in [3.8, 4) is 11.3 Å². The van der Waals surface area contributed by atoms with Gasteiger partial charge in [0.1, 0.15) is 0 Å². The molecule has 6 nitrogen and oxygen atoms in total. The second-order valence-corrected chi connectivity index (χ2v) is 7.10. The van der Waals surface area contributed by atoms with Crippen LogP contribution in [0, 0.1) is 5.41 Å². The summed E-state index contributed by atoms with van der Waals surface area (Å²) in [5.41, 5.74) is 3.98. The molecule has 2 aromatic rings. The summed E-state index contributed by atoms with van der Waals surface area (Å²) in [6, 6.07) is 10.2. The molecule has 6 heteroatoms. The Bertz CT molecular complexity index is 775. The largest absolute Gasteiger partial charge is 0.395 e. The van der Waals surface area contributed by atoms with Crippen LogP contribution in [0.1, 0.15) is 11.3 Å². The minimum absolute atomic E-state index is 0.0794. The van der Waals surface area contributed by atoms with E-state index in [-0.39, 0.29) is 12.5 Å². The van der Waals surface area contributed by atoms with Gasteiger partial charge in [0.25, 0.3) is 0 Å². The van der Waals surface area contributed by atoms with Crippen molar-refractivity contribution in [1.29, 1.82) is 0 Å². The number of aliphatic hydroxyl groups excluding tert-OH is 1. The first kappa shape index (κ1) is 16.3. The molecule has 0 radical (unpaired) electrons. The zero-order valence-corrected chi connectivity index (χ0v) is 14.5. The van der Waals surface area contributed by atoms with Gasteiger partial charge >= 0.3 is 0 Å². The van der Waals surface area contributed by atoms with Crippen LogP contribution in [0.5, 0.6) is 0 Å². The zero-order valence-electron chi connectivity index (χ0n) is 14.5. The number of carbonyl (C=O) groups is 1. The maximum Gasteiger partial charge on any atom is 0.233 e. The van der Waals surface area contributed by atoms with Gasteiger partial charge in [-0.15, -0.1) is 0 Å². The van der Waals surface area contributed by atoms with Crippen molar-refractivity contribution in [2.45, 2.75) is 12.8 Å². The first-order valence-corrected chi connectivity index (χ1v) is 8.86. The number of benzene rings is 1. The van der Waals surface area contributed by atoms with Gasteiger partial charge in [0.05, 0.1) is 17.7 Å². The topological polar surface area (TPSA) is 70.4 Å². The van der Waals surface area contributed by atoms with Crippen LogP contribution in [-0.2, 0) is 24.7 Å². The molecule has 1 fully saturated rings. The van der Waals surface area contributed by atoms with Crippen molar-refractivity contribution in [3.05, 3.63) is 41.6 Å². The van der Waals surface area contributed by atoms with Gasteiger partial charge in [-0.3, -0.25) is 9.48 Å². The number of aliphatic hydroxyl groups is 1. The van der Waals surface area contributed by atoms with Crippen LogP contribution in [0.4, 0.5) is 0 Å². The van der Waals surface area contributed by atoms with E-state index in [1.165, 1.54) is 11.3 Å². The molecular formula is C19H24N4O2. The quantitative estimate of drug-likeness (QED) is 0.858. The van der Waals surface area contributed by atoms with Gasteiger partial charge in [0.2, 0.25) is 5.91 Å². The summed E-state index contributed by atoms with van der Waals surface area (Å²) in [6.07, 6.45) is 1.60. The lowest BCUT2D eigenvalue weighted by Crippen LogP contribution is -2.64. The predicted molar refractivity (Wildman–Crippen MR) is 95.0 cm³/mol. The molecule has 2 aliphatic rings. The summed E-state index contributed by atoms with van der Waals surface area (Å²) in [5, 5.41) is 17.5. The molecule has 0 spiro atoms. The van der Waals surface area contributed by atoms with Crippen molar-refractivity contribution >= 4 is 5.91 Å². The normalized spacial score (nSPS) is 19.0. The van der Waals surface area contributed by atoms with E-state index in [1.807, 2.05) is 34.8 Å². The highest BCUT2D eigenvalue weighted by Crippen LogP contribution is 2.30. The van der Waals surface area contributed by atoms with Gasteiger partial charge in [-0.2, -0.15) is 5.10 Å². The highest BCUT2D eigenvalue weighted by atomic mass is 16.3. The van der Waals surface area contributed by atoms with Gasteiger partial charge < -0.3 is 15.3 Å². The summed E-state index contributed by atoms with van der Waals surface area (Å²) >= 11 is 0. The zero-order chi connectivity index (χ0) is 17.4. The number of amides is 1. The van der Waals surface area contributed by atoms with Crippen LogP contribution in [0.2, 0.25) is 0 Å². The third kappa shape index (κ3) is 2.65. The predicted octanol–water partition coefficient (Wildman–Crippen LogP) is 0.596. The van der Waals surface area contributed by atoms with E-state index < -0.39 is 5.41 Å². The summed E-state index contributed by atoms with van der Waals surface area (Å²) in [4.78, 5) is 14.8. The van der Waals surface area contributed by atoms with Crippen LogP contribution < -0.4 is 5.32 Å². The number of carbonyl (C=O) groups excluding carboxylic acids is 1. The van der Waals surface area contributed by atoms with E-state index in [9.17, 15) is 9.90 Å². The van der Waals surface area contributed by atoms with E-state index in [0.717, 1.165) is 24.1 Å². The molecule has 1 aromatic heterocycles. The molecule has 0 atom stereocenters. The van der Waals surface area contributed by atoms with Crippen LogP contribution >= 0.6 is 0 Å². The number of nitrogens with one attached hydrogen (secondary N) is 1. The van der Waals surface area contributed by atoms with E-state index in [4.69, 9.17) is 5.10 Å². The van der Waals surface area contributed by atoms with E-state index in [1.54, 1.807) is 0 Å². The molecule has 25 heavy (non-hydrogen) atoms. The fourth-order valence-corrected chi connectivity index (χ4v) is 3.90. The van der Waals surface area contributed by atoms with E-state index in [0.29, 0.717) is 26.2 Å². The Hall–Kier alpha value is -2.18. The average Bonchev–Trinajstić information content (AvgIpc) is 2.78. The molecule has 0 bridgehead atoms. The molecule has 0 aliphatic carbocycles. The Morgan fingerprint density at radius 1 is 1.24 bits per heavy atom. The summed E-state index contributed by atoms with van der Waals surface area (Å²) < 4.78 is 1.96. The first-order chi connectivity index (χ1) is 12.1. The number of aryl methyl sites for hydroxylation is 1. The first-order valence-electron chi connectivity index (χ1n) is 8.86. The monoisotopic (exact) mass is 340 g/mol. The van der Waals surface area contributed by atoms with Crippen molar-refractivity contribution in [3.63, 3.8) is 0 Å². The van der Waals surface area contributed by atoms with Crippen LogP contribution in [0.25, 0.3) is 11.3 Å². The SMILES string of the molecule is Cn1nc(-c2ccccc2)c2c1CCN(C(=O)C1(CO)CNC1)CC2. The van der Waals surface area contributed by atoms with Crippen molar-refractivity contribution in [2.24, 2.45) is 12.5 Å². The van der Waals surface area contributed by atoms with Gasteiger partial charge in [-0.05, 0) is 6.42 Å². The Morgan fingerprint density at radius 2 is 1.96 bits per heavy atom. The molecule has 2 aliphatic heterocycles. The highest BCUT2D eigenvalue weighted by Gasteiger charge is 2.46. The number of nitrogens with zero attached hydrogens (tertiary/aromatic N) is 3. The number of hydrogen-bond donors (Lipinski definition) is 2. The summed E-state index contributed by atoms with van der Waals surface area (Å²) in [7, 11) is 1.98. The fraction of sp³-hybridized carbons (Fsp3) is 0.474. The molecular weight excluding hydrogens is 316 g/mol. The molecule has 1 saturated heterocycles. The maximum atomic E-state index is 12.9. The van der Waals surface area contributed by atoms with Crippen LogP contribution in [0.3, 0.4) is 0 Å². The van der Waals surface area contributed by atoms with E-state index in [2.05, 4.69) is 17.4 Å². The summed E-state index contributed by atoms with van der Waals surface area (Å²) in [5.74, 6) is 0.0794. The third-order valence-corrected chi connectivity index (χ3v) is 5.54. The Balaban J connectivity index is 1.59. The fourth-order valence-electron chi connectivity index (χ4n) is 3.90. The average molecular weight is 340 g/mol. The van der Waals surface area contributed by atoms with Crippen molar-refractivity contribution < 1.29 is 9.90 Å². The molecule has 0 saturated carbocycles. The summed E-state index contributed by atoms with van der Waals surface area (Å²) in [6.45, 7) is 2.42. The molecule has 2 N–H and O–H groups in total. The van der Waals surface area contributed by atoms with Gasteiger partial charge in [-0.25, -0.2) is 0 Å². The van der Waals surface area contributed by atoms with Crippen molar-refractivity contribution in [2.75, 3.05) is 32.8 Å². The standard InChI is InChI=1S/C19H24N4O2/c1-22-16-8-10-23(18(25)19(13-24)11-20-12-19)9-7-15(16)17(21-22)14-5-3-2-4-6-14/h2-6,20,24H,7-13H2,1H3. The lowest BCUT2D eigenvalue weighted by Gasteiger charge is -2.42. The molecule has 1 aromatic carbocycles. The van der Waals surface area contributed by atoms with E-state index >= 15 is 0 Å². The van der Waals surface area contributed by atoms with Crippen molar-refractivity contribution in [1.82, 2.24) is 20.0 Å². The third-order valence-electron chi connectivity index (χ3n) is 5.54. The lowest BCUT2D eigenvalue weighted by molar-refractivity contribution is -0.148. The minimum Gasteiger partial charge on any atom is -0.395 e. The molecule has 0 unspecified atom stereocenters.